The lowest BCUT2D eigenvalue weighted by molar-refractivity contribution is 0.102. The molecule has 4 rings (SSSR count). The smallest absolute Gasteiger partial charge is 0.278 e. The lowest BCUT2D eigenvalue weighted by Gasteiger charge is -2.04. The quantitative estimate of drug-likeness (QED) is 0.566. The van der Waals surface area contributed by atoms with Gasteiger partial charge < -0.3 is 4.57 Å². The number of nitrogens with zero attached hydrogens (tertiary/aromatic N) is 4. The van der Waals surface area contributed by atoms with Gasteiger partial charge in [-0.3, -0.25) is 14.5 Å². The number of hydrogen-bond donors (Lipinski definition) is 1. The van der Waals surface area contributed by atoms with Gasteiger partial charge in [-0.2, -0.15) is 0 Å². The number of nitrogens with one attached hydrogen (secondary N) is 1. The van der Waals surface area contributed by atoms with E-state index in [1.54, 1.807) is 54.2 Å². The molecular weight excluding hydrogens is 390 g/mol. The number of halogens is 1. The minimum Gasteiger partial charge on any atom is -0.312 e. The van der Waals surface area contributed by atoms with Gasteiger partial charge in [0.1, 0.15) is 0 Å². The van der Waals surface area contributed by atoms with Crippen LogP contribution in [0.3, 0.4) is 0 Å². The van der Waals surface area contributed by atoms with Gasteiger partial charge in [0.05, 0.1) is 21.6 Å². The molecule has 0 aliphatic rings. The van der Waals surface area contributed by atoms with Gasteiger partial charge in [0.25, 0.3) is 5.91 Å². The number of hydrogen-bond acceptors (Lipinski definition) is 5. The number of aromatic nitrogens is 4. The predicted molar refractivity (Wildman–Crippen MR) is 102 cm³/mol. The summed E-state index contributed by atoms with van der Waals surface area (Å²) in [7, 11) is -1.89. The zero-order chi connectivity index (χ0) is 19.3. The molecule has 3 heterocycles. The monoisotopic (exact) mass is 403 g/mol. The Morgan fingerprint density at radius 1 is 1.15 bits per heavy atom. The van der Waals surface area contributed by atoms with Crippen LogP contribution in [0, 0.1) is 0 Å². The predicted octanol–water partition coefficient (Wildman–Crippen LogP) is 2.53. The number of imidazole rings is 2. The fraction of sp³-hybridized carbons (Fsp3) is 0.118. The van der Waals surface area contributed by atoms with Gasteiger partial charge in [0, 0.05) is 19.5 Å². The van der Waals surface area contributed by atoms with Crippen LogP contribution < -0.4 is 5.32 Å². The number of fused-ring (bicyclic) bond motifs is 2. The van der Waals surface area contributed by atoms with Gasteiger partial charge in [-0.1, -0.05) is 23.7 Å². The van der Waals surface area contributed by atoms with Gasteiger partial charge in [0.2, 0.25) is 20.9 Å². The summed E-state index contributed by atoms with van der Waals surface area (Å²) in [6.45, 7) is 0. The molecule has 0 fully saturated rings. The van der Waals surface area contributed by atoms with E-state index < -0.39 is 15.7 Å². The van der Waals surface area contributed by atoms with E-state index in [1.807, 2.05) is 0 Å². The van der Waals surface area contributed by atoms with Crippen molar-refractivity contribution in [2.24, 2.45) is 7.05 Å². The lowest BCUT2D eigenvalue weighted by atomic mass is 10.3. The largest absolute Gasteiger partial charge is 0.312 e. The van der Waals surface area contributed by atoms with Crippen molar-refractivity contribution in [3.8, 4) is 0 Å². The maximum Gasteiger partial charge on any atom is 0.278 e. The molecule has 0 saturated carbocycles. The number of aryl methyl sites for hydroxylation is 1. The second-order valence-electron chi connectivity index (χ2n) is 6.03. The molecule has 0 aliphatic heterocycles. The first-order valence-corrected chi connectivity index (χ1v) is 10.1. The van der Waals surface area contributed by atoms with Crippen LogP contribution in [-0.4, -0.2) is 39.5 Å². The Morgan fingerprint density at radius 3 is 2.63 bits per heavy atom. The Balaban J connectivity index is 1.81. The van der Waals surface area contributed by atoms with Crippen molar-refractivity contribution in [1.82, 2.24) is 18.9 Å². The molecule has 1 N–H and O–H groups in total. The molecule has 27 heavy (non-hydrogen) atoms. The number of rotatable bonds is 3. The van der Waals surface area contributed by atoms with E-state index in [0.29, 0.717) is 21.6 Å². The second kappa shape index (κ2) is 6.07. The number of anilines is 1. The van der Waals surface area contributed by atoms with Crippen LogP contribution in [0.4, 0.5) is 5.95 Å². The summed E-state index contributed by atoms with van der Waals surface area (Å²) >= 11 is 6.20. The van der Waals surface area contributed by atoms with Crippen molar-refractivity contribution < 1.29 is 13.2 Å². The molecule has 4 aromatic rings. The Bertz CT molecular complexity index is 1320. The van der Waals surface area contributed by atoms with Gasteiger partial charge in [-0.05, 0) is 24.3 Å². The Kier molecular flexibility index (Phi) is 3.93. The molecule has 0 spiro atoms. The minimum absolute atomic E-state index is 0.00539. The first-order chi connectivity index (χ1) is 12.8. The highest BCUT2D eigenvalue weighted by molar-refractivity contribution is 7.90. The molecule has 3 aromatic heterocycles. The molecule has 10 heteroatoms. The highest BCUT2D eigenvalue weighted by atomic mass is 35.5. The van der Waals surface area contributed by atoms with Crippen LogP contribution in [0.15, 0.2) is 47.8 Å². The Morgan fingerprint density at radius 2 is 1.93 bits per heavy atom. The molecule has 1 aromatic carbocycles. The van der Waals surface area contributed by atoms with Gasteiger partial charge in [0.15, 0.2) is 5.69 Å². The summed E-state index contributed by atoms with van der Waals surface area (Å²) in [5, 5.41) is 2.99. The zero-order valence-corrected chi connectivity index (χ0v) is 15.9. The average molecular weight is 404 g/mol. The third kappa shape index (κ3) is 2.84. The Hall–Kier alpha value is -2.91. The van der Waals surface area contributed by atoms with Gasteiger partial charge in [-0.25, -0.2) is 18.4 Å². The number of pyridine rings is 1. The summed E-state index contributed by atoms with van der Waals surface area (Å²) in [5.41, 5.74) is 1.69. The van der Waals surface area contributed by atoms with Crippen LogP contribution >= 0.6 is 11.6 Å². The summed E-state index contributed by atoms with van der Waals surface area (Å²) in [6.07, 6.45) is 2.59. The highest BCUT2D eigenvalue weighted by Crippen LogP contribution is 2.26. The number of sulfone groups is 1. The van der Waals surface area contributed by atoms with E-state index in [2.05, 4.69) is 15.3 Å². The van der Waals surface area contributed by atoms with E-state index in [0.717, 1.165) is 6.26 Å². The molecule has 0 saturated heterocycles. The first kappa shape index (κ1) is 17.5. The standard InChI is InChI=1S/C17H14ClN5O3S/c1-22-14-10(18)6-5-7-11(14)19-16(22)21-15(24)13-12-8-3-4-9-23(12)17(20-13)27(2,25)26/h3-9H,1-2H3,(H,19,21,24). The summed E-state index contributed by atoms with van der Waals surface area (Å²) in [6, 6.07) is 10.3. The fourth-order valence-corrected chi connectivity index (χ4v) is 4.00. The number of para-hydroxylation sites is 1. The maximum atomic E-state index is 12.8. The highest BCUT2D eigenvalue weighted by Gasteiger charge is 2.24. The summed E-state index contributed by atoms with van der Waals surface area (Å²) in [5.74, 6) is -0.288. The molecule has 138 valence electrons. The van der Waals surface area contributed by atoms with E-state index >= 15 is 0 Å². The van der Waals surface area contributed by atoms with E-state index in [-0.39, 0.29) is 16.8 Å². The fourth-order valence-electron chi connectivity index (χ4n) is 2.93. The molecular formula is C17H14ClN5O3S. The molecule has 0 bridgehead atoms. The molecule has 0 atom stereocenters. The third-order valence-electron chi connectivity index (χ3n) is 4.13. The van der Waals surface area contributed by atoms with Crippen molar-refractivity contribution >= 4 is 49.8 Å². The van der Waals surface area contributed by atoms with Crippen LogP contribution in [0.5, 0.6) is 0 Å². The van der Waals surface area contributed by atoms with Crippen molar-refractivity contribution in [2.75, 3.05) is 11.6 Å². The number of carbonyl (C=O) groups is 1. The number of amides is 1. The van der Waals surface area contributed by atoms with Crippen LogP contribution in [0.25, 0.3) is 16.6 Å². The van der Waals surface area contributed by atoms with E-state index in [9.17, 15) is 13.2 Å². The molecule has 0 radical (unpaired) electrons. The molecule has 8 nitrogen and oxygen atoms in total. The van der Waals surface area contributed by atoms with Gasteiger partial charge >= 0.3 is 0 Å². The van der Waals surface area contributed by atoms with E-state index in [4.69, 9.17) is 11.6 Å². The second-order valence-corrected chi connectivity index (χ2v) is 8.34. The molecule has 0 aliphatic carbocycles. The third-order valence-corrected chi connectivity index (χ3v) is 5.39. The lowest BCUT2D eigenvalue weighted by Crippen LogP contribution is -2.16. The van der Waals surface area contributed by atoms with Gasteiger partial charge in [-0.15, -0.1) is 0 Å². The van der Waals surface area contributed by atoms with Crippen LogP contribution in [0.2, 0.25) is 5.02 Å². The van der Waals surface area contributed by atoms with Crippen molar-refractivity contribution in [3.63, 3.8) is 0 Å². The summed E-state index contributed by atoms with van der Waals surface area (Å²) < 4.78 is 27.0. The normalized spacial score (nSPS) is 12.0. The van der Waals surface area contributed by atoms with Crippen molar-refractivity contribution in [2.45, 2.75) is 5.16 Å². The van der Waals surface area contributed by atoms with Crippen molar-refractivity contribution in [3.05, 3.63) is 53.3 Å². The number of carbonyl (C=O) groups excluding carboxylic acids is 1. The van der Waals surface area contributed by atoms with Crippen LogP contribution in [0.1, 0.15) is 10.5 Å². The topological polar surface area (TPSA) is 98.4 Å². The Labute approximate surface area is 159 Å². The molecule has 0 unspecified atom stereocenters. The first-order valence-electron chi connectivity index (χ1n) is 7.87. The SMILES string of the molecule is Cn1c(NC(=O)c2nc(S(C)(=O)=O)n3ccccc23)nc2cccc(Cl)c21. The average Bonchev–Trinajstić information content (AvgIpc) is 3.14. The molecule has 1 amide bonds. The van der Waals surface area contributed by atoms with E-state index in [1.165, 1.54) is 4.40 Å². The zero-order valence-electron chi connectivity index (χ0n) is 14.3. The number of benzene rings is 1. The maximum absolute atomic E-state index is 12.8. The minimum atomic E-state index is -3.62. The van der Waals surface area contributed by atoms with Crippen molar-refractivity contribution in [1.29, 1.82) is 0 Å². The van der Waals surface area contributed by atoms with Crippen LogP contribution in [-0.2, 0) is 16.9 Å². The summed E-state index contributed by atoms with van der Waals surface area (Å²) in [4.78, 5) is 21.2.